The summed E-state index contributed by atoms with van der Waals surface area (Å²) in [5.74, 6) is -4.17. The van der Waals surface area contributed by atoms with Gasteiger partial charge in [-0.15, -0.1) is 0 Å². The molecule has 6 heterocycles. The maximum atomic E-state index is 13.2. The second-order valence-corrected chi connectivity index (χ2v) is 21.5. The minimum absolute atomic E-state index is 0. The highest BCUT2D eigenvalue weighted by atomic mass is 19.4. The van der Waals surface area contributed by atoms with E-state index in [2.05, 4.69) is 0 Å². The number of carbonyl (C=O) groups excluding carboxylic acids is 5. The van der Waals surface area contributed by atoms with E-state index in [9.17, 15) is 80.0 Å². The van der Waals surface area contributed by atoms with Gasteiger partial charge in [0.15, 0.2) is 51.3 Å². The third-order valence-corrected chi connectivity index (χ3v) is 14.9. The van der Waals surface area contributed by atoms with Gasteiger partial charge < -0.3 is 69.4 Å². The Labute approximate surface area is 564 Å². The van der Waals surface area contributed by atoms with Crippen LogP contribution in [0.4, 0.5) is 26.3 Å². The third kappa shape index (κ3) is 21.1. The molecule has 0 saturated carbocycles. The van der Waals surface area contributed by atoms with Gasteiger partial charge in [-0.2, -0.15) is 13.2 Å². The van der Waals surface area contributed by atoms with Gasteiger partial charge in [-0.05, 0) is 77.9 Å². The van der Waals surface area contributed by atoms with E-state index in [0.29, 0.717) is 45.6 Å². The van der Waals surface area contributed by atoms with Gasteiger partial charge in [0.1, 0.15) is 30.2 Å². The van der Waals surface area contributed by atoms with Crippen LogP contribution in [-0.2, 0) is 72.3 Å². The Morgan fingerprint density at radius 2 is 0.949 bits per heavy atom. The Hall–Kier alpha value is -10.7. The molecule has 10 rings (SSSR count). The van der Waals surface area contributed by atoms with Crippen molar-refractivity contribution in [3.8, 4) is 11.5 Å². The number of rotatable bonds is 24. The van der Waals surface area contributed by atoms with Crippen molar-refractivity contribution in [3.05, 3.63) is 275 Å². The Kier molecular flexibility index (Phi) is 29.6. The minimum Gasteiger partial charge on any atom is -0.503 e. The van der Waals surface area contributed by atoms with Crippen molar-refractivity contribution in [2.45, 2.75) is 70.5 Å². The number of ether oxygens (including phenoxy) is 4. The molecule has 1 atom stereocenters. The lowest BCUT2D eigenvalue weighted by atomic mass is 9.95. The second-order valence-electron chi connectivity index (χ2n) is 21.5. The molecule has 1 unspecified atom stereocenters. The molecule has 0 fully saturated rings. The number of amides is 1. The molecule has 1 amide bonds. The number of aromatic nitrogens is 4. The second kappa shape index (κ2) is 37.1. The van der Waals surface area contributed by atoms with Crippen molar-refractivity contribution in [1.82, 2.24) is 27.7 Å². The average Bonchev–Trinajstić information content (AvgIpc) is 1.06. The molecule has 0 spiro atoms. The molecule has 4 aromatic heterocycles. The van der Waals surface area contributed by atoms with Gasteiger partial charge in [-0.1, -0.05) is 75.1 Å². The van der Waals surface area contributed by atoms with Crippen LogP contribution in [0.2, 0.25) is 0 Å². The number of aromatic hydroxyl groups is 2. The van der Waals surface area contributed by atoms with Gasteiger partial charge in [0.25, 0.3) is 17.0 Å². The molecule has 0 aliphatic carbocycles. The number of Topliss-reactive ketones (excluding diaryl/α,β-unsaturated/α-hetero) is 3. The fourth-order valence-corrected chi connectivity index (χ4v) is 9.72. The van der Waals surface area contributed by atoms with Crippen molar-refractivity contribution in [2.24, 2.45) is 0 Å². The fourth-order valence-electron chi connectivity index (χ4n) is 9.72. The van der Waals surface area contributed by atoms with Crippen molar-refractivity contribution in [2.75, 3.05) is 47.7 Å². The fraction of sp³-hybridized carbons (Fsp3) is 0.257. The number of methoxy groups -OCH3 is 3. The lowest BCUT2D eigenvalue weighted by molar-refractivity contribution is -0.156. The molecule has 2 aliphatic rings. The van der Waals surface area contributed by atoms with Gasteiger partial charge in [0.05, 0.1) is 30.9 Å². The first-order valence-corrected chi connectivity index (χ1v) is 29.7. The average molecular weight is 1380 g/mol. The van der Waals surface area contributed by atoms with Gasteiger partial charge in [-0.25, -0.2) is 13.2 Å². The molecule has 0 radical (unpaired) electrons. The molecule has 8 aromatic rings. The monoisotopic (exact) mass is 1380 g/mol. The van der Waals surface area contributed by atoms with Crippen LogP contribution in [0.1, 0.15) is 62.2 Å². The summed E-state index contributed by atoms with van der Waals surface area (Å²) < 4.78 is 96.4. The number of benzene rings is 4. The quantitative estimate of drug-likeness (QED) is 0.0190. The van der Waals surface area contributed by atoms with E-state index in [0.717, 1.165) is 22.3 Å². The summed E-state index contributed by atoms with van der Waals surface area (Å²) in [5.41, 5.74) is -0.229. The highest BCUT2D eigenvalue weighted by molar-refractivity contribution is 6.01. The van der Waals surface area contributed by atoms with Crippen LogP contribution in [0.5, 0.6) is 11.5 Å². The van der Waals surface area contributed by atoms with Crippen molar-refractivity contribution >= 4 is 49.0 Å². The van der Waals surface area contributed by atoms with E-state index < -0.39 is 63.6 Å². The summed E-state index contributed by atoms with van der Waals surface area (Å²) in [4.78, 5) is 113. The molecule has 4 aromatic carbocycles. The standard InChI is InChI=1S/C27H27FN2O5.2C20H19FN2O5.C2HF3O.CH3.BH4/c1-34-16-15-29-13-14-30-17-22(23(31)12-9-19-7-10-21(28)11-8-19)25(32)26(24(30)27(29)33)35-18-20-5-3-2-4-6-20;2*1-28-11-10-22-8-9-23-12-15(18(25)19(26)17(23)20(22)27)16(24)7-4-13-2-5-14(21)6-3-13;3-2(4,5)1-6;;/h2-8,10-11,13-14,17,25,32H,9,12,15-16,18H2,1H3;2*2-3,5-6,8-9,12,26H,4,7,10-11H2,1H3;1H;1H3;1H4/q;;;;2*-1. The SMILES string of the molecule is COCCN1C=CN2C=C(C(=O)CCc3ccc(F)cc3)C(O)C(OCc3ccccc3)=C2C1=O.COCCn1ccn2cc(C(=O)CCc3ccc(F)cc3)c(=O)c(O)c2c1=O.COCCn1ccn2cc(C(=O)CCc3ccc(F)cc3)c(=O)c(O)c2c1=O.O=CC(F)(F)F.[BH4-].[CH3-]. The van der Waals surface area contributed by atoms with Gasteiger partial charge >= 0.3 is 6.18 Å². The number of pyridine rings is 2. The van der Waals surface area contributed by atoms with Crippen LogP contribution < -0.4 is 22.0 Å². The number of aliphatic hydroxyl groups is 1. The molecule has 526 valence electrons. The van der Waals surface area contributed by atoms with E-state index in [-0.39, 0.29) is 123 Å². The third-order valence-electron chi connectivity index (χ3n) is 14.9. The Bertz CT molecular complexity index is 4300. The number of hydrogen-bond donors (Lipinski definition) is 3. The molecule has 3 N–H and O–H groups in total. The molecule has 29 heteroatoms. The van der Waals surface area contributed by atoms with Crippen LogP contribution in [0.25, 0.3) is 11.0 Å². The summed E-state index contributed by atoms with van der Waals surface area (Å²) >= 11 is 0. The molecular weight excluding hydrogens is 1310 g/mol. The highest BCUT2D eigenvalue weighted by Gasteiger charge is 2.39. The summed E-state index contributed by atoms with van der Waals surface area (Å²) in [7, 11) is 4.55. The van der Waals surface area contributed by atoms with Crippen LogP contribution in [0.15, 0.2) is 195 Å². The number of nitrogens with zero attached hydrogens (tertiary/aromatic N) is 6. The highest BCUT2D eigenvalue weighted by Crippen LogP contribution is 2.33. The van der Waals surface area contributed by atoms with E-state index in [1.54, 1.807) is 55.9 Å². The maximum Gasteiger partial charge on any atom is 0.446 e. The molecule has 99 heavy (non-hydrogen) atoms. The number of aryl methyl sites for hydroxylation is 3. The molecule has 22 nitrogen and oxygen atoms in total. The Balaban J connectivity index is 0.000000256. The summed E-state index contributed by atoms with van der Waals surface area (Å²) in [6.45, 7) is 1.90. The normalized spacial score (nSPS) is 13.1. The predicted octanol–water partition coefficient (Wildman–Crippen LogP) is 6.56. The van der Waals surface area contributed by atoms with Gasteiger partial charge in [0, 0.05) is 122 Å². The van der Waals surface area contributed by atoms with Crippen LogP contribution in [0, 0.1) is 24.9 Å². The molecule has 2 aliphatic heterocycles. The number of aldehydes is 1. The van der Waals surface area contributed by atoms with E-state index >= 15 is 0 Å². The van der Waals surface area contributed by atoms with E-state index in [1.165, 1.54) is 122 Å². The first-order chi connectivity index (χ1) is 46.4. The number of aliphatic hydroxyl groups excluding tert-OH is 1. The first-order valence-electron chi connectivity index (χ1n) is 29.7. The number of ketones is 3. The minimum atomic E-state index is -4.64. The van der Waals surface area contributed by atoms with Crippen molar-refractivity contribution in [1.29, 1.82) is 0 Å². The number of hydrogen-bond acceptors (Lipinski definition) is 17. The van der Waals surface area contributed by atoms with Gasteiger partial charge in [0.2, 0.25) is 17.1 Å². The van der Waals surface area contributed by atoms with Crippen LogP contribution >= 0.6 is 0 Å². The number of alkyl halides is 3. The van der Waals surface area contributed by atoms with Gasteiger partial charge in [-0.3, -0.25) is 43.2 Å². The lowest BCUT2D eigenvalue weighted by Crippen LogP contribution is -2.43. The smallest absolute Gasteiger partial charge is 0.446 e. The van der Waals surface area contributed by atoms with Crippen molar-refractivity contribution < 1.29 is 84.6 Å². The lowest BCUT2D eigenvalue weighted by Gasteiger charge is -2.36. The molecule has 0 bridgehead atoms. The van der Waals surface area contributed by atoms with E-state index in [4.69, 9.17) is 23.7 Å². The van der Waals surface area contributed by atoms with E-state index in [1.807, 2.05) is 30.3 Å². The zero-order valence-electron chi connectivity index (χ0n) is 53.5. The number of fused-ring (bicyclic) bond motifs is 3. The molecule has 0 saturated heterocycles. The summed E-state index contributed by atoms with van der Waals surface area (Å²) in [6, 6.07) is 26.7. The number of carbonyl (C=O) groups is 5. The van der Waals surface area contributed by atoms with Crippen molar-refractivity contribution in [3.63, 3.8) is 0 Å². The maximum absolute atomic E-state index is 13.2. The van der Waals surface area contributed by atoms with Crippen LogP contribution in [-0.4, -0.2) is 141 Å². The largest absolute Gasteiger partial charge is 0.503 e. The predicted molar refractivity (Wildman–Crippen MR) is 358 cm³/mol. The summed E-state index contributed by atoms with van der Waals surface area (Å²) in [5, 5.41) is 31.7. The zero-order chi connectivity index (χ0) is 70.5. The van der Waals surface area contributed by atoms with Crippen LogP contribution in [0.3, 0.4) is 0 Å². The summed E-state index contributed by atoms with van der Waals surface area (Å²) in [6.07, 6.45) is 7.27. The number of halogens is 6. The Morgan fingerprint density at radius 1 is 0.556 bits per heavy atom. The topological polar surface area (TPSA) is 276 Å². The zero-order valence-corrected chi connectivity index (χ0v) is 53.5. The Morgan fingerprint density at radius 3 is 1.34 bits per heavy atom. The molecular formula is C70H73BF6N6O16-2. The first kappa shape index (κ1) is 78.9.